The molecule has 0 aromatic heterocycles. The number of guanidine groups is 1. The van der Waals surface area contributed by atoms with Crippen LogP contribution < -0.4 is 10.6 Å². The smallest absolute Gasteiger partial charge is 0.191 e. The van der Waals surface area contributed by atoms with Crippen LogP contribution in [0.25, 0.3) is 0 Å². The highest BCUT2D eigenvalue weighted by Crippen LogP contribution is 2.24. The van der Waals surface area contributed by atoms with Crippen molar-refractivity contribution in [2.45, 2.75) is 50.4 Å². The third kappa shape index (κ3) is 6.23. The SMILES string of the molecule is CN=C(NCC(C)(C)SC)NC1CCN(C(C)c2ccccc2)CC1. The molecular weight excluding hydrogens is 328 g/mol. The van der Waals surface area contributed by atoms with Gasteiger partial charge in [0.2, 0.25) is 0 Å². The number of thioether (sulfide) groups is 1. The van der Waals surface area contributed by atoms with E-state index in [1.54, 1.807) is 0 Å². The van der Waals surface area contributed by atoms with E-state index in [1.165, 1.54) is 5.56 Å². The fraction of sp³-hybridized carbons (Fsp3) is 0.650. The molecule has 2 rings (SSSR count). The molecule has 0 bridgehead atoms. The van der Waals surface area contributed by atoms with Crippen molar-refractivity contribution < 1.29 is 0 Å². The summed E-state index contributed by atoms with van der Waals surface area (Å²) >= 11 is 1.88. The van der Waals surface area contributed by atoms with Crippen molar-refractivity contribution in [1.29, 1.82) is 0 Å². The van der Waals surface area contributed by atoms with Crippen LogP contribution in [0.4, 0.5) is 0 Å². The van der Waals surface area contributed by atoms with Crippen LogP contribution in [0.1, 0.15) is 45.2 Å². The average molecular weight is 363 g/mol. The Morgan fingerprint density at radius 3 is 2.48 bits per heavy atom. The monoisotopic (exact) mass is 362 g/mol. The van der Waals surface area contributed by atoms with E-state index in [0.717, 1.165) is 38.4 Å². The molecule has 0 radical (unpaired) electrons. The Bertz CT molecular complexity index is 536. The predicted octanol–water partition coefficient (Wildman–Crippen LogP) is 3.52. The van der Waals surface area contributed by atoms with E-state index < -0.39 is 0 Å². The van der Waals surface area contributed by atoms with Gasteiger partial charge in [0.05, 0.1) is 0 Å². The van der Waals surface area contributed by atoms with Gasteiger partial charge in [0, 0.05) is 43.5 Å². The van der Waals surface area contributed by atoms with Crippen molar-refractivity contribution in [1.82, 2.24) is 15.5 Å². The van der Waals surface area contributed by atoms with Gasteiger partial charge in [0.1, 0.15) is 0 Å². The Morgan fingerprint density at radius 1 is 1.28 bits per heavy atom. The van der Waals surface area contributed by atoms with Gasteiger partial charge in [-0.3, -0.25) is 9.89 Å². The van der Waals surface area contributed by atoms with Gasteiger partial charge in [-0.2, -0.15) is 11.8 Å². The van der Waals surface area contributed by atoms with Crippen LogP contribution >= 0.6 is 11.8 Å². The number of hydrogen-bond acceptors (Lipinski definition) is 3. The lowest BCUT2D eigenvalue weighted by atomic mass is 10.0. The summed E-state index contributed by atoms with van der Waals surface area (Å²) in [7, 11) is 1.86. The molecule has 0 saturated carbocycles. The van der Waals surface area contributed by atoms with Crippen molar-refractivity contribution in [2.24, 2.45) is 4.99 Å². The minimum absolute atomic E-state index is 0.214. The Labute approximate surface area is 157 Å². The number of hydrogen-bond donors (Lipinski definition) is 2. The maximum Gasteiger partial charge on any atom is 0.191 e. The number of likely N-dealkylation sites (tertiary alicyclic amines) is 1. The van der Waals surface area contributed by atoms with Crippen LogP contribution in [0.3, 0.4) is 0 Å². The van der Waals surface area contributed by atoms with Crippen LogP contribution in [0.15, 0.2) is 35.3 Å². The lowest BCUT2D eigenvalue weighted by molar-refractivity contribution is 0.158. The Balaban J connectivity index is 1.79. The van der Waals surface area contributed by atoms with Crippen LogP contribution in [0.5, 0.6) is 0 Å². The van der Waals surface area contributed by atoms with Crippen molar-refractivity contribution in [3.8, 4) is 0 Å². The third-order valence-electron chi connectivity index (χ3n) is 5.16. The molecule has 1 heterocycles. The minimum atomic E-state index is 0.214. The average Bonchev–Trinajstić information content (AvgIpc) is 2.65. The third-order valence-corrected chi connectivity index (χ3v) is 6.41. The molecule has 140 valence electrons. The minimum Gasteiger partial charge on any atom is -0.355 e. The van der Waals surface area contributed by atoms with Gasteiger partial charge < -0.3 is 10.6 Å². The second-order valence-electron chi connectivity index (χ2n) is 7.43. The quantitative estimate of drug-likeness (QED) is 0.600. The summed E-state index contributed by atoms with van der Waals surface area (Å²) in [6.45, 7) is 9.98. The molecule has 1 saturated heterocycles. The van der Waals surface area contributed by atoms with E-state index in [0.29, 0.717) is 12.1 Å². The van der Waals surface area contributed by atoms with Crippen molar-refractivity contribution in [2.75, 3.05) is 32.9 Å². The van der Waals surface area contributed by atoms with E-state index in [-0.39, 0.29) is 4.75 Å². The number of aliphatic imine (C=N–C) groups is 1. The zero-order valence-corrected chi connectivity index (χ0v) is 17.2. The van der Waals surface area contributed by atoms with Crippen LogP contribution in [0, 0.1) is 0 Å². The van der Waals surface area contributed by atoms with Crippen molar-refractivity contribution >= 4 is 17.7 Å². The number of nitrogens with one attached hydrogen (secondary N) is 2. The first kappa shape index (κ1) is 20.1. The first-order valence-corrected chi connectivity index (χ1v) is 10.5. The summed E-state index contributed by atoms with van der Waals surface area (Å²) in [5.74, 6) is 0.927. The number of piperidine rings is 1. The summed E-state index contributed by atoms with van der Waals surface area (Å²) in [5, 5.41) is 7.08. The van der Waals surface area contributed by atoms with Crippen LogP contribution in [0.2, 0.25) is 0 Å². The molecule has 0 amide bonds. The van der Waals surface area contributed by atoms with E-state index in [2.05, 4.69) is 77.9 Å². The molecule has 1 atom stereocenters. The summed E-state index contributed by atoms with van der Waals surface area (Å²) < 4.78 is 0.214. The van der Waals surface area contributed by atoms with Gasteiger partial charge in [-0.15, -0.1) is 0 Å². The van der Waals surface area contributed by atoms with Gasteiger partial charge in [-0.1, -0.05) is 30.3 Å². The molecule has 1 aliphatic rings. The molecule has 1 fully saturated rings. The van der Waals surface area contributed by atoms with Gasteiger partial charge >= 0.3 is 0 Å². The zero-order valence-electron chi connectivity index (χ0n) is 16.4. The Hall–Kier alpha value is -1.20. The second kappa shape index (κ2) is 9.48. The van der Waals surface area contributed by atoms with E-state index >= 15 is 0 Å². The van der Waals surface area contributed by atoms with Gasteiger partial charge in [0.15, 0.2) is 5.96 Å². The molecule has 1 aliphatic heterocycles. The first-order valence-electron chi connectivity index (χ1n) is 9.26. The molecule has 4 nitrogen and oxygen atoms in total. The van der Waals surface area contributed by atoms with Crippen molar-refractivity contribution in [3.05, 3.63) is 35.9 Å². The molecule has 0 aliphatic carbocycles. The molecular formula is C20H34N4S. The molecule has 5 heteroatoms. The summed E-state index contributed by atoms with van der Waals surface area (Å²) in [6.07, 6.45) is 4.47. The van der Waals surface area contributed by atoms with E-state index in [1.807, 2.05) is 18.8 Å². The summed E-state index contributed by atoms with van der Waals surface area (Å²) in [4.78, 5) is 6.98. The van der Waals surface area contributed by atoms with E-state index in [4.69, 9.17) is 0 Å². The zero-order chi connectivity index (χ0) is 18.3. The first-order chi connectivity index (χ1) is 11.9. The molecule has 1 aromatic carbocycles. The van der Waals surface area contributed by atoms with Crippen LogP contribution in [-0.2, 0) is 0 Å². The molecule has 1 aromatic rings. The number of rotatable bonds is 6. The maximum absolute atomic E-state index is 4.39. The predicted molar refractivity (Wildman–Crippen MR) is 112 cm³/mol. The maximum atomic E-state index is 4.39. The molecule has 2 N–H and O–H groups in total. The van der Waals surface area contributed by atoms with Gasteiger partial charge in [-0.25, -0.2) is 0 Å². The second-order valence-corrected chi connectivity index (χ2v) is 8.94. The highest BCUT2D eigenvalue weighted by molar-refractivity contribution is 7.99. The topological polar surface area (TPSA) is 39.7 Å². The summed E-state index contributed by atoms with van der Waals surface area (Å²) in [6, 6.07) is 11.8. The standard InChI is InChI=1S/C20H34N4S/c1-16(17-9-7-6-8-10-17)24-13-11-18(12-14-24)23-19(21-4)22-15-20(2,3)25-5/h6-10,16,18H,11-15H2,1-5H3,(H2,21,22,23). The Morgan fingerprint density at radius 2 is 1.92 bits per heavy atom. The summed E-state index contributed by atoms with van der Waals surface area (Å²) in [5.41, 5.74) is 1.41. The van der Waals surface area contributed by atoms with Crippen molar-refractivity contribution in [3.63, 3.8) is 0 Å². The van der Waals surface area contributed by atoms with Gasteiger partial charge in [0.25, 0.3) is 0 Å². The lowest BCUT2D eigenvalue weighted by Gasteiger charge is -2.37. The molecule has 25 heavy (non-hydrogen) atoms. The molecule has 1 unspecified atom stereocenters. The Kier molecular flexibility index (Phi) is 7.63. The van der Waals surface area contributed by atoms with Crippen LogP contribution in [-0.4, -0.2) is 54.6 Å². The fourth-order valence-electron chi connectivity index (χ4n) is 3.13. The number of nitrogens with zero attached hydrogens (tertiary/aromatic N) is 2. The fourth-order valence-corrected chi connectivity index (χ4v) is 3.35. The van der Waals surface area contributed by atoms with Gasteiger partial charge in [-0.05, 0) is 45.4 Å². The number of benzene rings is 1. The normalized spacial score (nSPS) is 18.8. The lowest BCUT2D eigenvalue weighted by Crippen LogP contribution is -2.50. The molecule has 0 spiro atoms. The largest absolute Gasteiger partial charge is 0.355 e. The van der Waals surface area contributed by atoms with E-state index in [9.17, 15) is 0 Å². The highest BCUT2D eigenvalue weighted by atomic mass is 32.2. The highest BCUT2D eigenvalue weighted by Gasteiger charge is 2.24.